The molecule has 0 amide bonds. The molecule has 0 aliphatic carbocycles. The third-order valence-electron chi connectivity index (χ3n) is 4.10. The van der Waals surface area contributed by atoms with E-state index in [0.29, 0.717) is 18.0 Å². The normalized spacial score (nSPS) is 17.1. The van der Waals surface area contributed by atoms with Crippen molar-refractivity contribution >= 4 is 37.6 Å². The Labute approximate surface area is 156 Å². The molecule has 0 unspecified atom stereocenters. The molecule has 0 N–H and O–H groups in total. The Morgan fingerprint density at radius 1 is 0.917 bits per heavy atom. The largest absolute Gasteiger partial charge is 0.296 e. The molecule has 0 bridgehead atoms. The number of nitrogens with zero attached hydrogens (tertiary/aromatic N) is 2. The second-order valence-electron chi connectivity index (χ2n) is 5.76. The van der Waals surface area contributed by atoms with Crippen LogP contribution in [0.1, 0.15) is 5.56 Å². The first-order valence-corrected chi connectivity index (χ1v) is 10.3. The summed E-state index contributed by atoms with van der Waals surface area (Å²) in [6.07, 6.45) is 0. The molecule has 0 radical (unpaired) electrons. The van der Waals surface area contributed by atoms with Crippen LogP contribution in [0.5, 0.6) is 0 Å². The molecule has 0 aromatic heterocycles. The molecule has 1 aliphatic rings. The molecule has 7 heteroatoms. The third kappa shape index (κ3) is 4.18. The van der Waals surface area contributed by atoms with Crippen LogP contribution in [-0.4, -0.2) is 43.8 Å². The van der Waals surface area contributed by atoms with Gasteiger partial charge in [-0.2, -0.15) is 4.31 Å². The summed E-state index contributed by atoms with van der Waals surface area (Å²) in [6.45, 7) is 3.26. The summed E-state index contributed by atoms with van der Waals surface area (Å²) in [5, 5.41) is 0.726. The SMILES string of the molecule is O=S(=O)(c1ccc(Br)cc1)N1CCN(Cc2ccc(Cl)cc2)CC1. The molecule has 1 saturated heterocycles. The van der Waals surface area contributed by atoms with E-state index in [9.17, 15) is 8.42 Å². The topological polar surface area (TPSA) is 40.6 Å². The van der Waals surface area contributed by atoms with Crippen LogP contribution < -0.4 is 0 Å². The van der Waals surface area contributed by atoms with E-state index in [1.54, 1.807) is 28.6 Å². The fourth-order valence-corrected chi connectivity index (χ4v) is 4.54. The van der Waals surface area contributed by atoms with Crippen LogP contribution in [0.3, 0.4) is 0 Å². The number of hydrogen-bond acceptors (Lipinski definition) is 3. The zero-order chi connectivity index (χ0) is 17.2. The van der Waals surface area contributed by atoms with Gasteiger partial charge < -0.3 is 0 Å². The van der Waals surface area contributed by atoms with E-state index in [4.69, 9.17) is 11.6 Å². The van der Waals surface area contributed by atoms with Gasteiger partial charge in [-0.05, 0) is 42.0 Å². The first kappa shape index (κ1) is 17.9. The molecule has 0 atom stereocenters. The van der Waals surface area contributed by atoms with E-state index in [0.717, 1.165) is 29.1 Å². The zero-order valence-electron chi connectivity index (χ0n) is 13.0. The maximum absolute atomic E-state index is 12.7. The molecule has 0 saturated carbocycles. The molecule has 2 aromatic rings. The summed E-state index contributed by atoms with van der Waals surface area (Å²) in [6, 6.07) is 14.6. The lowest BCUT2D eigenvalue weighted by molar-refractivity contribution is 0.181. The van der Waals surface area contributed by atoms with Gasteiger partial charge in [0.15, 0.2) is 0 Å². The Kier molecular flexibility index (Phi) is 5.62. The van der Waals surface area contributed by atoms with E-state index in [1.807, 2.05) is 24.3 Å². The number of piperazine rings is 1. The fraction of sp³-hybridized carbons (Fsp3) is 0.294. The number of benzene rings is 2. The van der Waals surface area contributed by atoms with Gasteiger partial charge >= 0.3 is 0 Å². The minimum atomic E-state index is -3.41. The Bertz CT molecular complexity index is 786. The van der Waals surface area contributed by atoms with Crippen molar-refractivity contribution in [1.29, 1.82) is 0 Å². The Morgan fingerprint density at radius 2 is 1.50 bits per heavy atom. The predicted molar refractivity (Wildman–Crippen MR) is 99.6 cm³/mol. The first-order valence-electron chi connectivity index (χ1n) is 7.68. The average molecular weight is 430 g/mol. The quantitative estimate of drug-likeness (QED) is 0.745. The minimum Gasteiger partial charge on any atom is -0.296 e. The van der Waals surface area contributed by atoms with Crippen molar-refractivity contribution in [2.45, 2.75) is 11.4 Å². The highest BCUT2D eigenvalue weighted by Crippen LogP contribution is 2.21. The number of halogens is 2. The molecule has 1 fully saturated rings. The number of sulfonamides is 1. The molecule has 2 aromatic carbocycles. The zero-order valence-corrected chi connectivity index (χ0v) is 16.2. The van der Waals surface area contributed by atoms with E-state index < -0.39 is 10.0 Å². The molecular formula is C17H18BrClN2O2S. The highest BCUT2D eigenvalue weighted by Gasteiger charge is 2.28. The summed E-state index contributed by atoms with van der Waals surface area (Å²) in [4.78, 5) is 2.61. The monoisotopic (exact) mass is 428 g/mol. The van der Waals surface area contributed by atoms with Crippen molar-refractivity contribution in [3.8, 4) is 0 Å². The standard InChI is InChI=1S/C17H18BrClN2O2S/c18-15-3-7-17(8-4-15)24(22,23)21-11-9-20(10-12-21)13-14-1-5-16(19)6-2-14/h1-8H,9-13H2. The lowest BCUT2D eigenvalue weighted by Gasteiger charge is -2.34. The van der Waals surface area contributed by atoms with Crippen molar-refractivity contribution < 1.29 is 8.42 Å². The summed E-state index contributed by atoms with van der Waals surface area (Å²) >= 11 is 9.23. The average Bonchev–Trinajstić information content (AvgIpc) is 2.58. The van der Waals surface area contributed by atoms with Crippen molar-refractivity contribution in [2.24, 2.45) is 0 Å². The van der Waals surface area contributed by atoms with Gasteiger partial charge in [-0.1, -0.05) is 39.7 Å². The molecular weight excluding hydrogens is 412 g/mol. The van der Waals surface area contributed by atoms with Crippen molar-refractivity contribution in [2.75, 3.05) is 26.2 Å². The van der Waals surface area contributed by atoms with Gasteiger partial charge in [0.05, 0.1) is 4.90 Å². The van der Waals surface area contributed by atoms with Gasteiger partial charge in [0.25, 0.3) is 0 Å². The Balaban J connectivity index is 1.62. The first-order chi connectivity index (χ1) is 11.4. The molecule has 3 rings (SSSR count). The molecule has 24 heavy (non-hydrogen) atoms. The van der Waals surface area contributed by atoms with E-state index in [2.05, 4.69) is 20.8 Å². The predicted octanol–water partition coefficient (Wildman–Crippen LogP) is 3.61. The second-order valence-corrected chi connectivity index (χ2v) is 9.05. The van der Waals surface area contributed by atoms with Crippen LogP contribution >= 0.6 is 27.5 Å². The van der Waals surface area contributed by atoms with Gasteiger partial charge in [-0.15, -0.1) is 0 Å². The van der Waals surface area contributed by atoms with E-state index in [-0.39, 0.29) is 0 Å². The molecule has 128 valence electrons. The molecule has 4 nitrogen and oxygen atoms in total. The second kappa shape index (κ2) is 7.54. The Hall–Kier alpha value is -0.920. The van der Waals surface area contributed by atoms with Gasteiger partial charge in [0, 0.05) is 42.2 Å². The fourth-order valence-electron chi connectivity index (χ4n) is 2.73. The lowest BCUT2D eigenvalue weighted by Crippen LogP contribution is -2.48. The van der Waals surface area contributed by atoms with Gasteiger partial charge in [-0.25, -0.2) is 8.42 Å². The van der Waals surface area contributed by atoms with Crippen LogP contribution in [0.25, 0.3) is 0 Å². The lowest BCUT2D eigenvalue weighted by atomic mass is 10.2. The van der Waals surface area contributed by atoms with Gasteiger partial charge in [0.2, 0.25) is 10.0 Å². The highest BCUT2D eigenvalue weighted by molar-refractivity contribution is 9.10. The third-order valence-corrected chi connectivity index (χ3v) is 6.80. The van der Waals surface area contributed by atoms with Crippen LogP contribution in [0.15, 0.2) is 57.9 Å². The summed E-state index contributed by atoms with van der Waals surface area (Å²) in [5.74, 6) is 0. The van der Waals surface area contributed by atoms with Gasteiger partial charge in [-0.3, -0.25) is 4.90 Å². The Morgan fingerprint density at radius 3 is 2.08 bits per heavy atom. The number of rotatable bonds is 4. The van der Waals surface area contributed by atoms with Crippen molar-refractivity contribution in [3.05, 3.63) is 63.6 Å². The summed E-state index contributed by atoms with van der Waals surface area (Å²) in [7, 11) is -3.41. The van der Waals surface area contributed by atoms with Crippen LogP contribution in [-0.2, 0) is 16.6 Å². The molecule has 1 heterocycles. The van der Waals surface area contributed by atoms with Crippen molar-refractivity contribution in [1.82, 2.24) is 9.21 Å². The maximum Gasteiger partial charge on any atom is 0.243 e. The molecule has 1 aliphatic heterocycles. The highest BCUT2D eigenvalue weighted by atomic mass is 79.9. The van der Waals surface area contributed by atoms with Crippen LogP contribution in [0.2, 0.25) is 5.02 Å². The number of hydrogen-bond donors (Lipinski definition) is 0. The molecule has 0 spiro atoms. The van der Waals surface area contributed by atoms with E-state index >= 15 is 0 Å². The summed E-state index contributed by atoms with van der Waals surface area (Å²) in [5.41, 5.74) is 1.18. The van der Waals surface area contributed by atoms with Crippen LogP contribution in [0, 0.1) is 0 Å². The minimum absolute atomic E-state index is 0.344. The van der Waals surface area contributed by atoms with Gasteiger partial charge in [0.1, 0.15) is 0 Å². The summed E-state index contributed by atoms with van der Waals surface area (Å²) < 4.78 is 27.8. The van der Waals surface area contributed by atoms with E-state index in [1.165, 1.54) is 5.56 Å². The van der Waals surface area contributed by atoms with Crippen LogP contribution in [0.4, 0.5) is 0 Å². The smallest absolute Gasteiger partial charge is 0.243 e. The maximum atomic E-state index is 12.7. The van der Waals surface area contributed by atoms with Crippen molar-refractivity contribution in [3.63, 3.8) is 0 Å².